The third-order valence-corrected chi connectivity index (χ3v) is 4.88. The van der Waals surface area contributed by atoms with Gasteiger partial charge in [0, 0.05) is 18.1 Å². The Kier molecular flexibility index (Phi) is 4.20. The number of fused-ring (bicyclic) bond motifs is 1. The Balaban J connectivity index is 2.68. The van der Waals surface area contributed by atoms with Crippen molar-refractivity contribution in [3.05, 3.63) is 40.6 Å². The van der Waals surface area contributed by atoms with Gasteiger partial charge in [-0.05, 0) is 24.6 Å². The monoisotopic (exact) mass is 314 g/mol. The third-order valence-electron chi connectivity index (χ3n) is 2.79. The minimum absolute atomic E-state index is 0.00353. The molecule has 2 rings (SSSR count). The summed E-state index contributed by atoms with van der Waals surface area (Å²) in [6.45, 7) is 0. The molecule has 0 bridgehead atoms. The Morgan fingerprint density at radius 1 is 1.30 bits per heavy atom. The molecule has 0 atom stereocenters. The van der Waals surface area contributed by atoms with Crippen LogP contribution in [0.2, 0.25) is 0 Å². The molecular weight excluding hydrogens is 304 g/mol. The number of halogens is 1. The van der Waals surface area contributed by atoms with E-state index in [1.807, 2.05) is 0 Å². The van der Waals surface area contributed by atoms with Crippen LogP contribution in [0.1, 0.15) is 6.42 Å². The van der Waals surface area contributed by atoms with E-state index in [4.69, 9.17) is 11.6 Å². The quantitative estimate of drug-likeness (QED) is 0.480. The van der Waals surface area contributed by atoms with Gasteiger partial charge in [0.2, 0.25) is 0 Å². The predicted octanol–water partition coefficient (Wildman–Crippen LogP) is 2.55. The van der Waals surface area contributed by atoms with E-state index in [1.54, 1.807) is 0 Å². The van der Waals surface area contributed by atoms with Crippen LogP contribution in [-0.4, -0.2) is 30.0 Å². The van der Waals surface area contributed by atoms with Gasteiger partial charge in [-0.2, -0.15) is 0 Å². The lowest BCUT2D eigenvalue weighted by molar-refractivity contribution is -0.383. The molecule has 8 heteroatoms. The van der Waals surface area contributed by atoms with E-state index >= 15 is 0 Å². The lowest BCUT2D eigenvalue weighted by atomic mass is 10.2. The number of pyridine rings is 1. The predicted molar refractivity (Wildman–Crippen MR) is 75.8 cm³/mol. The molecule has 0 aliphatic carbocycles. The number of nitrogens with zero attached hydrogens (tertiary/aromatic N) is 2. The Bertz CT molecular complexity index is 761. The number of benzene rings is 1. The van der Waals surface area contributed by atoms with Gasteiger partial charge >= 0.3 is 0 Å². The molecular formula is C12H11ClN2O4S. The molecule has 20 heavy (non-hydrogen) atoms. The number of rotatable bonds is 5. The van der Waals surface area contributed by atoms with Crippen molar-refractivity contribution in [2.75, 3.05) is 11.6 Å². The number of sulfone groups is 1. The standard InChI is InChI=1S/C12H11ClN2O4S/c13-6-2-8-20(18,19)11-5-4-10(15(16)17)9-3-1-7-14-12(9)11/h1,3-5,7H,2,6,8H2. The summed E-state index contributed by atoms with van der Waals surface area (Å²) in [6, 6.07) is 5.44. The molecule has 0 saturated carbocycles. The average molecular weight is 315 g/mol. The smallest absolute Gasteiger partial charge is 0.258 e. The highest BCUT2D eigenvalue weighted by atomic mass is 35.5. The van der Waals surface area contributed by atoms with E-state index in [1.165, 1.54) is 30.5 Å². The molecule has 1 aromatic heterocycles. The van der Waals surface area contributed by atoms with Crippen molar-refractivity contribution in [1.29, 1.82) is 0 Å². The van der Waals surface area contributed by atoms with E-state index in [-0.39, 0.29) is 33.1 Å². The van der Waals surface area contributed by atoms with Crippen molar-refractivity contribution < 1.29 is 13.3 Å². The average Bonchev–Trinajstić information content (AvgIpc) is 2.43. The summed E-state index contributed by atoms with van der Waals surface area (Å²) in [6.07, 6.45) is 1.72. The van der Waals surface area contributed by atoms with Crippen LogP contribution in [0.4, 0.5) is 5.69 Å². The number of hydrogen-bond acceptors (Lipinski definition) is 5. The maximum atomic E-state index is 12.2. The zero-order chi connectivity index (χ0) is 14.8. The van der Waals surface area contributed by atoms with Gasteiger partial charge in [0.1, 0.15) is 0 Å². The van der Waals surface area contributed by atoms with Crippen LogP contribution in [0.5, 0.6) is 0 Å². The van der Waals surface area contributed by atoms with Crippen LogP contribution in [0.25, 0.3) is 10.9 Å². The van der Waals surface area contributed by atoms with Crippen LogP contribution >= 0.6 is 11.6 Å². The van der Waals surface area contributed by atoms with Crippen molar-refractivity contribution in [1.82, 2.24) is 4.98 Å². The Labute approximate surface area is 120 Å². The van der Waals surface area contributed by atoms with Crippen molar-refractivity contribution in [2.24, 2.45) is 0 Å². The van der Waals surface area contributed by atoms with Gasteiger partial charge in [-0.1, -0.05) is 0 Å². The van der Waals surface area contributed by atoms with Crippen LogP contribution in [-0.2, 0) is 9.84 Å². The second-order valence-electron chi connectivity index (χ2n) is 4.10. The summed E-state index contributed by atoms with van der Waals surface area (Å²) in [7, 11) is -3.56. The molecule has 0 amide bonds. The van der Waals surface area contributed by atoms with Crippen molar-refractivity contribution in [2.45, 2.75) is 11.3 Å². The van der Waals surface area contributed by atoms with Crippen molar-refractivity contribution in [3.8, 4) is 0 Å². The largest absolute Gasteiger partial charge is 0.278 e. The van der Waals surface area contributed by atoms with Gasteiger partial charge in [-0.15, -0.1) is 11.6 Å². The van der Waals surface area contributed by atoms with Gasteiger partial charge in [0.25, 0.3) is 5.69 Å². The minimum atomic E-state index is -3.56. The van der Waals surface area contributed by atoms with Crippen LogP contribution < -0.4 is 0 Å². The zero-order valence-electron chi connectivity index (χ0n) is 10.3. The molecule has 0 radical (unpaired) electrons. The van der Waals surface area contributed by atoms with Gasteiger partial charge in [-0.3, -0.25) is 15.1 Å². The molecule has 0 fully saturated rings. The molecule has 6 nitrogen and oxygen atoms in total. The Morgan fingerprint density at radius 2 is 2.05 bits per heavy atom. The van der Waals surface area contributed by atoms with Crippen LogP contribution in [0.15, 0.2) is 35.4 Å². The van der Waals surface area contributed by atoms with Crippen molar-refractivity contribution >= 4 is 38.0 Å². The van der Waals surface area contributed by atoms with Crippen LogP contribution in [0, 0.1) is 10.1 Å². The highest BCUT2D eigenvalue weighted by molar-refractivity contribution is 7.91. The second-order valence-corrected chi connectivity index (χ2v) is 6.56. The molecule has 1 heterocycles. The molecule has 1 aromatic carbocycles. The van der Waals surface area contributed by atoms with E-state index < -0.39 is 14.8 Å². The first kappa shape index (κ1) is 14.7. The first-order valence-corrected chi connectivity index (χ1v) is 7.97. The number of hydrogen-bond donors (Lipinski definition) is 0. The van der Waals surface area contributed by atoms with Crippen LogP contribution in [0.3, 0.4) is 0 Å². The maximum Gasteiger partial charge on any atom is 0.278 e. The fraction of sp³-hybridized carbons (Fsp3) is 0.250. The molecule has 0 aliphatic heterocycles. The minimum Gasteiger partial charge on any atom is -0.258 e. The second kappa shape index (κ2) is 5.72. The summed E-state index contributed by atoms with van der Waals surface area (Å²) >= 11 is 5.51. The summed E-state index contributed by atoms with van der Waals surface area (Å²) in [4.78, 5) is 14.4. The Morgan fingerprint density at radius 3 is 2.70 bits per heavy atom. The van der Waals surface area contributed by atoms with E-state index in [0.29, 0.717) is 6.42 Å². The lowest BCUT2D eigenvalue weighted by Crippen LogP contribution is -2.09. The van der Waals surface area contributed by atoms with Gasteiger partial charge in [-0.25, -0.2) is 8.42 Å². The molecule has 106 valence electrons. The zero-order valence-corrected chi connectivity index (χ0v) is 11.9. The lowest BCUT2D eigenvalue weighted by Gasteiger charge is -2.07. The number of nitro groups is 1. The SMILES string of the molecule is O=[N+]([O-])c1ccc(S(=O)(=O)CCCCl)c2ncccc12. The molecule has 0 spiro atoms. The summed E-state index contributed by atoms with van der Waals surface area (Å²) in [5.41, 5.74) is -0.0411. The third kappa shape index (κ3) is 2.73. The fourth-order valence-corrected chi connectivity index (χ4v) is 3.67. The number of nitro benzene ring substituents is 1. The topological polar surface area (TPSA) is 90.2 Å². The Hall–Kier alpha value is -1.73. The first-order chi connectivity index (χ1) is 9.47. The molecule has 0 aliphatic rings. The maximum absolute atomic E-state index is 12.2. The summed E-state index contributed by atoms with van der Waals surface area (Å²) in [5, 5.41) is 11.2. The molecule has 0 unspecified atom stereocenters. The molecule has 2 aromatic rings. The first-order valence-electron chi connectivity index (χ1n) is 5.78. The fourth-order valence-electron chi connectivity index (χ4n) is 1.90. The number of alkyl halides is 1. The van der Waals surface area contributed by atoms with E-state index in [9.17, 15) is 18.5 Å². The number of non-ortho nitro benzene ring substituents is 1. The summed E-state index contributed by atoms with van der Waals surface area (Å²) < 4.78 is 24.4. The van der Waals surface area contributed by atoms with E-state index in [0.717, 1.165) is 0 Å². The van der Waals surface area contributed by atoms with E-state index in [2.05, 4.69) is 4.98 Å². The molecule has 0 N–H and O–H groups in total. The van der Waals surface area contributed by atoms with Gasteiger partial charge < -0.3 is 0 Å². The van der Waals surface area contributed by atoms with Gasteiger partial charge in [0.15, 0.2) is 9.84 Å². The highest BCUT2D eigenvalue weighted by Crippen LogP contribution is 2.29. The highest BCUT2D eigenvalue weighted by Gasteiger charge is 2.22. The van der Waals surface area contributed by atoms with Crippen molar-refractivity contribution in [3.63, 3.8) is 0 Å². The summed E-state index contributed by atoms with van der Waals surface area (Å²) in [5.74, 6) is 0.123. The normalized spacial score (nSPS) is 11.7. The number of aromatic nitrogens is 1. The van der Waals surface area contributed by atoms with Gasteiger partial charge in [0.05, 0.1) is 26.5 Å². The molecule has 0 saturated heterocycles.